The topological polar surface area (TPSA) is 57.6 Å². The van der Waals surface area contributed by atoms with Gasteiger partial charge in [0.05, 0.1) is 0 Å². The van der Waals surface area contributed by atoms with Crippen LogP contribution in [0, 0.1) is 11.8 Å². The van der Waals surface area contributed by atoms with E-state index < -0.39 is 10.3 Å². The molecule has 0 spiro atoms. The summed E-state index contributed by atoms with van der Waals surface area (Å²) < 4.78 is 32.7. The van der Waals surface area contributed by atoms with E-state index in [4.69, 9.17) is 4.55 Å². The van der Waals surface area contributed by atoms with Crippen molar-refractivity contribution >= 4 is 10.3 Å². The summed E-state index contributed by atoms with van der Waals surface area (Å²) in [6.07, 6.45) is 2.83. The third-order valence-corrected chi connectivity index (χ3v) is 3.79. The Kier molecular flexibility index (Phi) is 4.52. The van der Waals surface area contributed by atoms with Gasteiger partial charge in [-0.2, -0.15) is 12.7 Å². The Morgan fingerprint density at radius 3 is 2.56 bits per heavy atom. The average molecular weight is 247 g/mol. The lowest BCUT2D eigenvalue weighted by molar-refractivity contribution is 0.287. The van der Waals surface area contributed by atoms with Crippen LogP contribution in [0.3, 0.4) is 0 Å². The van der Waals surface area contributed by atoms with E-state index in [0.717, 1.165) is 19.3 Å². The summed E-state index contributed by atoms with van der Waals surface area (Å²) in [6.45, 7) is 8.57. The van der Waals surface area contributed by atoms with Gasteiger partial charge in [-0.3, -0.25) is 4.55 Å². The second-order valence-electron chi connectivity index (χ2n) is 5.05. The van der Waals surface area contributed by atoms with Gasteiger partial charge in [-0.15, -0.1) is 0 Å². The monoisotopic (exact) mass is 247 g/mol. The molecule has 1 aliphatic rings. The van der Waals surface area contributed by atoms with E-state index in [1.165, 1.54) is 9.88 Å². The molecule has 1 saturated carbocycles. The molecule has 0 aromatic rings. The minimum absolute atomic E-state index is 0.214. The van der Waals surface area contributed by atoms with Crippen LogP contribution in [-0.4, -0.2) is 30.4 Å². The van der Waals surface area contributed by atoms with Crippen molar-refractivity contribution in [2.24, 2.45) is 11.8 Å². The molecule has 1 N–H and O–H groups in total. The molecule has 1 rings (SSSR count). The molecule has 1 aliphatic carbocycles. The van der Waals surface area contributed by atoms with Gasteiger partial charge in [-0.25, -0.2) is 0 Å². The Balaban J connectivity index is 2.60. The molecule has 1 fully saturated rings. The molecule has 0 unspecified atom stereocenters. The molecule has 0 amide bonds. The van der Waals surface area contributed by atoms with E-state index in [9.17, 15) is 8.42 Å². The summed E-state index contributed by atoms with van der Waals surface area (Å²) >= 11 is 0. The largest absolute Gasteiger partial charge is 0.335 e. The first kappa shape index (κ1) is 13.7. The maximum absolute atomic E-state index is 11.2. The molecule has 5 heteroatoms. The van der Waals surface area contributed by atoms with Crippen molar-refractivity contribution in [3.8, 4) is 0 Å². The van der Waals surface area contributed by atoms with Gasteiger partial charge in [0.1, 0.15) is 0 Å². The van der Waals surface area contributed by atoms with Crippen molar-refractivity contribution in [2.45, 2.75) is 33.1 Å². The second kappa shape index (κ2) is 5.29. The first-order valence-electron chi connectivity index (χ1n) is 5.68. The zero-order valence-electron chi connectivity index (χ0n) is 10.0. The van der Waals surface area contributed by atoms with Gasteiger partial charge in [-0.1, -0.05) is 26.0 Å². The van der Waals surface area contributed by atoms with Gasteiger partial charge in [0.25, 0.3) is 0 Å². The molecule has 1 atom stereocenters. The summed E-state index contributed by atoms with van der Waals surface area (Å²) in [5.41, 5.74) is 1.19. The molecular formula is C11H21NO3S. The van der Waals surface area contributed by atoms with Crippen LogP contribution in [0.4, 0.5) is 0 Å². The summed E-state index contributed by atoms with van der Waals surface area (Å²) in [4.78, 5) is 0. The Bertz CT molecular complexity index is 348. The Labute approximate surface area is 98.2 Å². The zero-order valence-corrected chi connectivity index (χ0v) is 10.8. The van der Waals surface area contributed by atoms with Crippen molar-refractivity contribution in [1.82, 2.24) is 4.31 Å². The Morgan fingerprint density at radius 2 is 2.19 bits per heavy atom. The number of allylic oxidation sites excluding steroid dienone is 1. The molecule has 0 radical (unpaired) electrons. The van der Waals surface area contributed by atoms with Crippen LogP contribution in [-0.2, 0) is 10.3 Å². The minimum Gasteiger partial charge on any atom is -0.273 e. The van der Waals surface area contributed by atoms with Crippen molar-refractivity contribution in [3.63, 3.8) is 0 Å². The van der Waals surface area contributed by atoms with Crippen LogP contribution in [0.15, 0.2) is 12.2 Å². The van der Waals surface area contributed by atoms with Crippen molar-refractivity contribution in [3.05, 3.63) is 12.2 Å². The van der Waals surface area contributed by atoms with E-state index in [1.54, 1.807) is 0 Å². The minimum atomic E-state index is -4.06. The molecule has 0 saturated heterocycles. The van der Waals surface area contributed by atoms with Gasteiger partial charge in [0, 0.05) is 13.1 Å². The molecule has 94 valence electrons. The first-order valence-corrected chi connectivity index (χ1v) is 7.08. The molecule has 0 heterocycles. The SMILES string of the molecule is C=C1CC[C@@H](CN(CC(C)C)S(=O)(=O)O)C1. The summed E-state index contributed by atoms with van der Waals surface area (Å²) in [7, 11) is -4.06. The van der Waals surface area contributed by atoms with Gasteiger partial charge < -0.3 is 0 Å². The van der Waals surface area contributed by atoms with Crippen molar-refractivity contribution in [2.75, 3.05) is 13.1 Å². The molecule has 16 heavy (non-hydrogen) atoms. The fraction of sp³-hybridized carbons (Fsp3) is 0.818. The van der Waals surface area contributed by atoms with Crippen LogP contribution in [0.5, 0.6) is 0 Å². The fourth-order valence-corrected chi connectivity index (χ4v) is 3.02. The van der Waals surface area contributed by atoms with Crippen LogP contribution in [0.2, 0.25) is 0 Å². The van der Waals surface area contributed by atoms with E-state index in [-0.39, 0.29) is 5.92 Å². The predicted molar refractivity (Wildman–Crippen MR) is 64.4 cm³/mol. The molecule has 0 aliphatic heterocycles. The predicted octanol–water partition coefficient (Wildman–Crippen LogP) is 2.10. The van der Waals surface area contributed by atoms with E-state index >= 15 is 0 Å². The molecule has 4 nitrogen and oxygen atoms in total. The van der Waals surface area contributed by atoms with Gasteiger partial charge in [0.2, 0.25) is 0 Å². The lowest BCUT2D eigenvalue weighted by atomic mass is 10.1. The van der Waals surface area contributed by atoms with Gasteiger partial charge in [-0.05, 0) is 31.1 Å². The zero-order chi connectivity index (χ0) is 12.3. The normalized spacial score (nSPS) is 22.3. The van der Waals surface area contributed by atoms with Crippen molar-refractivity contribution in [1.29, 1.82) is 0 Å². The quantitative estimate of drug-likeness (QED) is 0.598. The van der Waals surface area contributed by atoms with E-state index in [2.05, 4.69) is 6.58 Å². The Hall–Kier alpha value is -0.390. The van der Waals surface area contributed by atoms with Crippen LogP contribution >= 0.6 is 0 Å². The number of rotatable bonds is 5. The highest BCUT2D eigenvalue weighted by Gasteiger charge is 2.26. The third-order valence-electron chi connectivity index (χ3n) is 2.84. The average Bonchev–Trinajstić information content (AvgIpc) is 2.47. The van der Waals surface area contributed by atoms with Crippen LogP contribution in [0.1, 0.15) is 33.1 Å². The fourth-order valence-electron chi connectivity index (χ4n) is 2.13. The second-order valence-corrected chi connectivity index (χ2v) is 6.46. The van der Waals surface area contributed by atoms with E-state index in [1.807, 2.05) is 13.8 Å². The molecule has 0 aromatic carbocycles. The molecule has 0 aromatic heterocycles. The Morgan fingerprint density at radius 1 is 1.56 bits per heavy atom. The highest BCUT2D eigenvalue weighted by atomic mass is 32.2. The first-order chi connectivity index (χ1) is 7.29. The molecular weight excluding hydrogens is 226 g/mol. The van der Waals surface area contributed by atoms with Gasteiger partial charge >= 0.3 is 10.3 Å². The summed E-state index contributed by atoms with van der Waals surface area (Å²) in [5.74, 6) is 0.528. The molecule has 0 bridgehead atoms. The van der Waals surface area contributed by atoms with Crippen molar-refractivity contribution < 1.29 is 13.0 Å². The lowest BCUT2D eigenvalue weighted by Gasteiger charge is -2.23. The summed E-state index contributed by atoms with van der Waals surface area (Å²) in [5, 5.41) is 0. The number of nitrogens with zero attached hydrogens (tertiary/aromatic N) is 1. The highest BCUT2D eigenvalue weighted by Crippen LogP contribution is 2.30. The maximum atomic E-state index is 11.2. The lowest BCUT2D eigenvalue weighted by Crippen LogP contribution is -2.37. The van der Waals surface area contributed by atoms with Gasteiger partial charge in [0.15, 0.2) is 0 Å². The maximum Gasteiger partial charge on any atom is 0.335 e. The van der Waals surface area contributed by atoms with Crippen LogP contribution < -0.4 is 0 Å². The smallest absolute Gasteiger partial charge is 0.273 e. The number of hydrogen-bond donors (Lipinski definition) is 1. The number of hydrogen-bond acceptors (Lipinski definition) is 2. The standard InChI is InChI=1S/C11H21NO3S/c1-9(2)7-12(16(13,14)15)8-11-5-4-10(3)6-11/h9,11H,3-8H2,1-2H3,(H,13,14,15)/t11-/m1/s1. The third kappa shape index (κ3) is 4.23. The highest BCUT2D eigenvalue weighted by molar-refractivity contribution is 7.83. The van der Waals surface area contributed by atoms with Crippen LogP contribution in [0.25, 0.3) is 0 Å². The van der Waals surface area contributed by atoms with E-state index in [0.29, 0.717) is 19.0 Å². The summed E-state index contributed by atoms with van der Waals surface area (Å²) in [6, 6.07) is 0.